The van der Waals surface area contributed by atoms with E-state index in [1.807, 2.05) is 24.3 Å². The van der Waals surface area contributed by atoms with E-state index in [1.165, 1.54) is 0 Å². The van der Waals surface area contributed by atoms with E-state index in [0.29, 0.717) is 25.4 Å². The van der Waals surface area contributed by atoms with Crippen LogP contribution in [0.15, 0.2) is 29.3 Å². The normalized spacial score (nSPS) is 25.0. The molecule has 0 aromatic heterocycles. The number of fused-ring (bicyclic) bond motifs is 1. The maximum Gasteiger partial charge on any atom is 0.191 e. The molecule has 0 saturated carbocycles. The highest BCUT2D eigenvalue weighted by molar-refractivity contribution is 14.0. The van der Waals surface area contributed by atoms with Gasteiger partial charge >= 0.3 is 0 Å². The molecule has 3 rings (SSSR count). The van der Waals surface area contributed by atoms with Crippen LogP contribution in [0.5, 0.6) is 11.5 Å². The summed E-state index contributed by atoms with van der Waals surface area (Å²) in [6, 6.07) is 7.76. The van der Waals surface area contributed by atoms with Crippen LogP contribution in [0.1, 0.15) is 20.3 Å². The Labute approximate surface area is 185 Å². The molecule has 28 heavy (non-hydrogen) atoms. The lowest BCUT2D eigenvalue weighted by Gasteiger charge is -2.35. The van der Waals surface area contributed by atoms with Crippen molar-refractivity contribution in [1.82, 2.24) is 15.5 Å². The van der Waals surface area contributed by atoms with Crippen molar-refractivity contribution in [3.8, 4) is 11.5 Å². The van der Waals surface area contributed by atoms with Gasteiger partial charge in [-0.1, -0.05) is 12.1 Å². The molecule has 1 aromatic carbocycles. The summed E-state index contributed by atoms with van der Waals surface area (Å²) in [5.41, 5.74) is 0. The van der Waals surface area contributed by atoms with Crippen LogP contribution in [0, 0.1) is 0 Å². The van der Waals surface area contributed by atoms with E-state index >= 15 is 0 Å². The molecule has 0 bridgehead atoms. The van der Waals surface area contributed by atoms with E-state index in [0.717, 1.165) is 50.1 Å². The topological polar surface area (TPSA) is 67.4 Å². The Morgan fingerprint density at radius 3 is 2.57 bits per heavy atom. The number of rotatable bonds is 6. The second-order valence-corrected chi connectivity index (χ2v) is 7.25. The average molecular weight is 504 g/mol. The third-order valence-corrected chi connectivity index (χ3v) is 4.73. The van der Waals surface area contributed by atoms with E-state index < -0.39 is 0 Å². The fourth-order valence-corrected chi connectivity index (χ4v) is 3.57. The average Bonchev–Trinajstić information content (AvgIpc) is 2.66. The fraction of sp³-hybridized carbons (Fsp3) is 0.650. The van der Waals surface area contributed by atoms with Crippen LogP contribution in [0.4, 0.5) is 0 Å². The molecular formula is C20H33IN4O3. The second kappa shape index (κ2) is 11.7. The quantitative estimate of drug-likeness (QED) is 0.268. The monoisotopic (exact) mass is 504 g/mol. The first-order chi connectivity index (χ1) is 13.1. The zero-order valence-electron chi connectivity index (χ0n) is 17.0. The van der Waals surface area contributed by atoms with Crippen molar-refractivity contribution in [2.45, 2.75) is 38.6 Å². The largest absolute Gasteiger partial charge is 0.486 e. The minimum Gasteiger partial charge on any atom is -0.486 e. The number of para-hydroxylation sites is 2. The van der Waals surface area contributed by atoms with E-state index in [-0.39, 0.29) is 30.1 Å². The molecule has 1 fully saturated rings. The zero-order valence-corrected chi connectivity index (χ0v) is 19.3. The Balaban J connectivity index is 0.00000280. The molecule has 1 aromatic rings. The highest BCUT2D eigenvalue weighted by Gasteiger charge is 2.22. The summed E-state index contributed by atoms with van der Waals surface area (Å²) in [6.07, 6.45) is 1.67. The first-order valence-corrected chi connectivity index (χ1v) is 9.85. The van der Waals surface area contributed by atoms with Crippen LogP contribution >= 0.6 is 24.0 Å². The molecule has 3 unspecified atom stereocenters. The summed E-state index contributed by atoms with van der Waals surface area (Å²) < 4.78 is 17.5. The number of ether oxygens (including phenoxy) is 3. The minimum atomic E-state index is -0.0326. The molecule has 8 heteroatoms. The van der Waals surface area contributed by atoms with Crippen LogP contribution in [-0.2, 0) is 4.74 Å². The summed E-state index contributed by atoms with van der Waals surface area (Å²) in [6.45, 7) is 9.43. The molecule has 1 saturated heterocycles. The third-order valence-electron chi connectivity index (χ3n) is 4.73. The lowest BCUT2D eigenvalue weighted by molar-refractivity contribution is -0.0679. The predicted octanol–water partition coefficient (Wildman–Crippen LogP) is 2.11. The van der Waals surface area contributed by atoms with Crippen molar-refractivity contribution in [2.24, 2.45) is 4.99 Å². The van der Waals surface area contributed by atoms with Gasteiger partial charge in [0.25, 0.3) is 0 Å². The number of benzene rings is 1. The molecular weight excluding hydrogens is 471 g/mol. The highest BCUT2D eigenvalue weighted by Crippen LogP contribution is 2.30. The Bertz CT molecular complexity index is 621. The lowest BCUT2D eigenvalue weighted by atomic mass is 10.2. The summed E-state index contributed by atoms with van der Waals surface area (Å²) in [4.78, 5) is 6.76. The number of morpholine rings is 1. The van der Waals surface area contributed by atoms with Crippen molar-refractivity contribution in [2.75, 3.05) is 46.4 Å². The maximum absolute atomic E-state index is 5.96. The standard InChI is InChI=1S/C20H32N4O3.HI/c1-15-12-24(13-16(2)26-15)10-6-9-22-20(21-3)23-11-17-14-25-18-7-4-5-8-19(18)27-17;/h4-5,7-8,15-17H,6,9-14H2,1-3H3,(H2,21,22,23);1H. The predicted molar refractivity (Wildman–Crippen MR) is 122 cm³/mol. The van der Waals surface area contributed by atoms with E-state index in [2.05, 4.69) is 34.4 Å². The number of hydrogen-bond acceptors (Lipinski definition) is 5. The maximum atomic E-state index is 5.96. The van der Waals surface area contributed by atoms with Gasteiger partial charge in [0, 0.05) is 33.2 Å². The van der Waals surface area contributed by atoms with Gasteiger partial charge < -0.3 is 24.8 Å². The minimum absolute atomic E-state index is 0. The van der Waals surface area contributed by atoms with E-state index in [9.17, 15) is 0 Å². The molecule has 2 aliphatic rings. The zero-order chi connectivity index (χ0) is 19.1. The smallest absolute Gasteiger partial charge is 0.191 e. The number of aliphatic imine (C=N–C) groups is 1. The van der Waals surface area contributed by atoms with Gasteiger partial charge in [0.2, 0.25) is 0 Å². The first kappa shape index (κ1) is 23.0. The molecule has 0 radical (unpaired) electrons. The van der Waals surface area contributed by atoms with Gasteiger partial charge in [-0.3, -0.25) is 9.89 Å². The highest BCUT2D eigenvalue weighted by atomic mass is 127. The fourth-order valence-electron chi connectivity index (χ4n) is 3.57. The van der Waals surface area contributed by atoms with Crippen molar-refractivity contribution in [3.05, 3.63) is 24.3 Å². The number of halogens is 1. The Morgan fingerprint density at radius 2 is 1.86 bits per heavy atom. The lowest BCUT2D eigenvalue weighted by Crippen LogP contribution is -2.47. The summed E-state index contributed by atoms with van der Waals surface area (Å²) in [7, 11) is 1.79. The van der Waals surface area contributed by atoms with Gasteiger partial charge in [0.1, 0.15) is 12.7 Å². The second-order valence-electron chi connectivity index (χ2n) is 7.25. The van der Waals surface area contributed by atoms with E-state index in [1.54, 1.807) is 7.05 Å². The number of nitrogens with zero attached hydrogens (tertiary/aromatic N) is 2. The van der Waals surface area contributed by atoms with Crippen molar-refractivity contribution in [1.29, 1.82) is 0 Å². The van der Waals surface area contributed by atoms with Gasteiger partial charge in [-0.15, -0.1) is 24.0 Å². The Kier molecular flexibility index (Phi) is 9.60. The molecule has 158 valence electrons. The van der Waals surface area contributed by atoms with Crippen LogP contribution < -0.4 is 20.1 Å². The van der Waals surface area contributed by atoms with Gasteiger partial charge in [-0.2, -0.15) is 0 Å². The van der Waals surface area contributed by atoms with Crippen molar-refractivity contribution in [3.63, 3.8) is 0 Å². The van der Waals surface area contributed by atoms with Crippen LogP contribution in [0.25, 0.3) is 0 Å². The molecule has 2 heterocycles. The van der Waals surface area contributed by atoms with Gasteiger partial charge in [0.15, 0.2) is 17.5 Å². The number of nitrogens with one attached hydrogen (secondary N) is 2. The molecule has 3 atom stereocenters. The van der Waals surface area contributed by atoms with Crippen LogP contribution in [-0.4, -0.2) is 75.5 Å². The summed E-state index contributed by atoms with van der Waals surface area (Å²) in [5, 5.41) is 6.70. The summed E-state index contributed by atoms with van der Waals surface area (Å²) in [5.74, 6) is 2.40. The van der Waals surface area contributed by atoms with Gasteiger partial charge in [0.05, 0.1) is 18.8 Å². The molecule has 0 aliphatic carbocycles. The Hall–Kier alpha value is -1.26. The third kappa shape index (κ3) is 6.97. The van der Waals surface area contributed by atoms with Gasteiger partial charge in [-0.05, 0) is 32.4 Å². The van der Waals surface area contributed by atoms with Crippen LogP contribution in [0.3, 0.4) is 0 Å². The molecule has 0 amide bonds. The molecule has 0 spiro atoms. The Morgan fingerprint density at radius 1 is 1.14 bits per heavy atom. The number of guanidine groups is 1. The van der Waals surface area contributed by atoms with Crippen molar-refractivity contribution < 1.29 is 14.2 Å². The molecule has 2 N–H and O–H groups in total. The molecule has 7 nitrogen and oxygen atoms in total. The molecule has 2 aliphatic heterocycles. The van der Waals surface area contributed by atoms with Crippen molar-refractivity contribution >= 4 is 29.9 Å². The van der Waals surface area contributed by atoms with E-state index in [4.69, 9.17) is 14.2 Å². The SMILES string of the molecule is CN=C(NCCCN1CC(C)OC(C)C1)NCC1COc2ccccc2O1.I. The summed E-state index contributed by atoms with van der Waals surface area (Å²) >= 11 is 0. The first-order valence-electron chi connectivity index (χ1n) is 9.85. The van der Waals surface area contributed by atoms with Crippen LogP contribution in [0.2, 0.25) is 0 Å². The van der Waals surface area contributed by atoms with Gasteiger partial charge in [-0.25, -0.2) is 0 Å². The number of hydrogen-bond donors (Lipinski definition) is 2.